The summed E-state index contributed by atoms with van der Waals surface area (Å²) < 4.78 is 25.8. The summed E-state index contributed by atoms with van der Waals surface area (Å²) in [5.41, 5.74) is 1.50. The monoisotopic (exact) mass is 1320 g/mol. The highest BCUT2D eigenvalue weighted by Crippen LogP contribution is 2.35. The van der Waals surface area contributed by atoms with Gasteiger partial charge in [-0.3, -0.25) is 9.59 Å². The van der Waals surface area contributed by atoms with Crippen LogP contribution in [0.3, 0.4) is 0 Å². The molecule has 0 aromatic heterocycles. The number of nitrogens with zero attached hydrogens (tertiary/aromatic N) is 2. The van der Waals surface area contributed by atoms with Crippen LogP contribution < -0.4 is 9.80 Å². The summed E-state index contributed by atoms with van der Waals surface area (Å²) in [4.78, 5) is 51.6. The van der Waals surface area contributed by atoms with E-state index < -0.39 is 11.9 Å². The maximum Gasteiger partial charge on any atom is 0.337 e. The van der Waals surface area contributed by atoms with Gasteiger partial charge in [0.25, 0.3) is 0 Å². The molecule has 0 saturated carbocycles. The lowest BCUT2D eigenvalue weighted by Crippen LogP contribution is -2.29. The van der Waals surface area contributed by atoms with Crippen molar-refractivity contribution in [2.24, 2.45) is 0 Å². The Morgan fingerprint density at radius 2 is 0.826 bits per heavy atom. The first-order chi connectivity index (χ1) is 21.7. The van der Waals surface area contributed by atoms with Crippen molar-refractivity contribution in [3.8, 4) is 0 Å². The second kappa shape index (κ2) is 21.7. The first-order valence-corrected chi connectivity index (χ1v) is 19.8. The first kappa shape index (κ1) is 42.7. The van der Waals surface area contributed by atoms with Gasteiger partial charge in [-0.1, -0.05) is 0 Å². The van der Waals surface area contributed by atoms with Crippen molar-refractivity contribution in [1.29, 1.82) is 0 Å². The fourth-order valence-corrected chi connectivity index (χ4v) is 12.9. The van der Waals surface area contributed by atoms with E-state index in [2.05, 4.69) is 45.2 Å². The largest absolute Gasteiger partial charge is 0.478 e. The van der Waals surface area contributed by atoms with Gasteiger partial charge in [0.1, 0.15) is 0 Å². The molecular weight excluding hydrogens is 1290 g/mol. The minimum Gasteiger partial charge on any atom is -0.478 e. The Kier molecular flexibility index (Phi) is 20.1. The van der Waals surface area contributed by atoms with E-state index in [9.17, 15) is 29.4 Å². The number of benzene rings is 2. The lowest BCUT2D eigenvalue weighted by molar-refractivity contribution is -0.120. The number of halogens is 6. The quantitative estimate of drug-likeness (QED) is 0.123. The number of carboxylic acid groups (broad SMARTS) is 2. The summed E-state index contributed by atoms with van der Waals surface area (Å²) in [6, 6.07) is 3.49. The van der Waals surface area contributed by atoms with Crippen LogP contribution in [0.15, 0.2) is 12.1 Å². The molecule has 0 bridgehead atoms. The van der Waals surface area contributed by atoms with Gasteiger partial charge in [0.2, 0.25) is 11.8 Å². The number of ether oxygens (including phenoxy) is 4. The molecule has 0 spiro atoms. The zero-order chi connectivity index (χ0) is 34.6. The van der Waals surface area contributed by atoms with Crippen molar-refractivity contribution in [1.82, 2.24) is 0 Å². The molecule has 2 rings (SSSR count). The molecule has 46 heavy (non-hydrogen) atoms. The van der Waals surface area contributed by atoms with Crippen LogP contribution in [0.4, 0.5) is 11.4 Å². The third kappa shape index (κ3) is 12.7. The first-order valence-electron chi connectivity index (χ1n) is 13.4. The van der Waals surface area contributed by atoms with Gasteiger partial charge in [-0.2, -0.15) is 0 Å². The van der Waals surface area contributed by atoms with Crippen molar-refractivity contribution in [2.75, 3.05) is 76.8 Å². The topological polar surface area (TPSA) is 152 Å². The summed E-state index contributed by atoms with van der Waals surface area (Å²) in [7, 11) is 3.25. The fourth-order valence-electron chi connectivity index (χ4n) is 3.83. The second-order valence-electron chi connectivity index (χ2n) is 9.22. The van der Waals surface area contributed by atoms with Crippen LogP contribution in [-0.4, -0.2) is 101 Å². The third-order valence-electron chi connectivity index (χ3n) is 6.18. The van der Waals surface area contributed by atoms with E-state index in [1.165, 1.54) is 9.80 Å². The summed E-state index contributed by atoms with van der Waals surface area (Å²) in [6.07, 6.45) is 0.274. The highest BCUT2D eigenvalue weighted by molar-refractivity contribution is 14.1. The van der Waals surface area contributed by atoms with Crippen molar-refractivity contribution < 1.29 is 48.3 Å². The number of carbonyl (C=O) groups excluding carboxylic acids is 2. The van der Waals surface area contributed by atoms with Gasteiger partial charge < -0.3 is 39.0 Å². The number of carboxylic acids is 2. The number of aromatic carboxylic acids is 2. The van der Waals surface area contributed by atoms with Crippen molar-refractivity contribution >= 4 is 171 Å². The number of hydrogen-bond acceptors (Lipinski definition) is 8. The Balaban J connectivity index is 1.56. The van der Waals surface area contributed by atoms with E-state index in [-0.39, 0.29) is 49.0 Å². The minimum atomic E-state index is -1.04. The molecule has 12 nitrogen and oxygen atoms in total. The summed E-state index contributed by atoms with van der Waals surface area (Å²) in [5, 5.41) is 19.1. The van der Waals surface area contributed by atoms with Crippen LogP contribution in [0.5, 0.6) is 0 Å². The Labute approximate surface area is 348 Å². The van der Waals surface area contributed by atoms with Gasteiger partial charge >= 0.3 is 11.9 Å². The maximum atomic E-state index is 12.7. The van der Waals surface area contributed by atoms with Gasteiger partial charge in [0.15, 0.2) is 0 Å². The number of rotatable bonds is 19. The van der Waals surface area contributed by atoms with E-state index >= 15 is 0 Å². The average molecular weight is 1320 g/mol. The van der Waals surface area contributed by atoms with Crippen molar-refractivity contribution in [2.45, 2.75) is 12.8 Å². The fraction of sp³-hybridized carbons (Fsp3) is 0.429. The molecule has 0 heterocycles. The molecule has 2 amide bonds. The SMILES string of the molecule is CN(C(=O)CCOCCOCCOCCOCCC(=O)N(C)c1c(I)cc(I)c(C(=O)O)c1I)c1c(I)cc(I)c(C(=O)O)c1I. The molecule has 0 unspecified atom stereocenters. The van der Waals surface area contributed by atoms with Gasteiger partial charge in [0, 0.05) is 28.4 Å². The van der Waals surface area contributed by atoms with E-state index in [4.69, 9.17) is 18.9 Å². The van der Waals surface area contributed by atoms with Crippen LogP contribution in [0.1, 0.15) is 33.6 Å². The van der Waals surface area contributed by atoms with Crippen molar-refractivity contribution in [3.63, 3.8) is 0 Å². The summed E-state index contributed by atoms with van der Waals surface area (Å²) >= 11 is 12.1. The van der Waals surface area contributed by atoms with E-state index in [0.29, 0.717) is 65.3 Å². The Hall–Kier alpha value is 0.540. The summed E-state index contributed by atoms with van der Waals surface area (Å²) in [6.45, 7) is 2.40. The van der Waals surface area contributed by atoms with E-state index in [0.717, 1.165) is 7.14 Å². The minimum absolute atomic E-state index is 0.137. The standard InChI is InChI=1S/C28H30I6N2O10/c1-35(25-17(31)13-15(29)21(23(25)33)27(39)40)19(37)3-5-43-7-9-45-11-12-46-10-8-44-6-4-20(38)36(2)26-18(32)14-16(30)22(24(26)34)28(41)42/h13-14H,3-12H2,1-2H3,(H,39,40)(H,41,42). The smallest absolute Gasteiger partial charge is 0.337 e. The van der Waals surface area contributed by atoms with Gasteiger partial charge in [-0.05, 0) is 148 Å². The molecule has 2 aromatic carbocycles. The molecule has 0 saturated heterocycles. The molecule has 2 N–H and O–H groups in total. The third-order valence-corrected chi connectivity index (χ3v) is 11.6. The Bertz CT molecular complexity index is 1320. The molecule has 18 heteroatoms. The molecule has 0 aliphatic carbocycles. The summed E-state index contributed by atoms with van der Waals surface area (Å²) in [5.74, 6) is -2.45. The van der Waals surface area contributed by atoms with Crippen LogP contribution in [0.25, 0.3) is 0 Å². The zero-order valence-corrected chi connectivity index (χ0v) is 37.5. The molecule has 0 aliphatic heterocycles. The molecule has 0 fully saturated rings. The highest BCUT2D eigenvalue weighted by atomic mass is 127. The number of carbonyl (C=O) groups is 4. The van der Waals surface area contributed by atoms with Crippen LogP contribution in [0.2, 0.25) is 0 Å². The molecule has 0 radical (unpaired) electrons. The van der Waals surface area contributed by atoms with Crippen LogP contribution in [0, 0.1) is 21.4 Å². The van der Waals surface area contributed by atoms with Crippen molar-refractivity contribution in [3.05, 3.63) is 44.7 Å². The molecule has 254 valence electrons. The predicted octanol–water partition coefficient (Wildman–Crippen LogP) is 6.18. The van der Waals surface area contributed by atoms with E-state index in [1.807, 2.05) is 90.4 Å². The van der Waals surface area contributed by atoms with Gasteiger partial charge in [-0.15, -0.1) is 0 Å². The van der Waals surface area contributed by atoms with Crippen LogP contribution >= 0.6 is 136 Å². The number of amides is 2. The molecule has 2 aromatic rings. The van der Waals surface area contributed by atoms with Gasteiger partial charge in [0.05, 0.1) is 95.3 Å². The molecular formula is C28H30I6N2O10. The lowest BCUT2D eigenvalue weighted by atomic mass is 10.2. The maximum absolute atomic E-state index is 12.7. The predicted molar refractivity (Wildman–Crippen MR) is 222 cm³/mol. The Morgan fingerprint density at radius 3 is 1.11 bits per heavy atom. The molecule has 0 atom stereocenters. The number of hydrogen-bond donors (Lipinski definition) is 2. The second-order valence-corrected chi connectivity index (χ2v) is 16.0. The van der Waals surface area contributed by atoms with Crippen LogP contribution in [-0.2, 0) is 28.5 Å². The highest BCUT2D eigenvalue weighted by Gasteiger charge is 2.25. The molecule has 0 aliphatic rings. The Morgan fingerprint density at radius 1 is 0.543 bits per heavy atom. The average Bonchev–Trinajstić information content (AvgIpc) is 2.95. The lowest BCUT2D eigenvalue weighted by Gasteiger charge is -2.22. The number of anilines is 2. The normalized spacial score (nSPS) is 11.0. The zero-order valence-electron chi connectivity index (χ0n) is 24.5. The van der Waals surface area contributed by atoms with Gasteiger partial charge in [-0.25, -0.2) is 9.59 Å². The van der Waals surface area contributed by atoms with E-state index in [1.54, 1.807) is 26.2 Å².